The van der Waals surface area contributed by atoms with Gasteiger partial charge in [-0.05, 0) is 52.6 Å². The maximum Gasteiger partial charge on any atom is 0.254 e. The van der Waals surface area contributed by atoms with Gasteiger partial charge in [0.25, 0.3) is 5.91 Å². The van der Waals surface area contributed by atoms with Gasteiger partial charge in [0.05, 0.1) is 7.11 Å². The van der Waals surface area contributed by atoms with Crippen LogP contribution in [0.1, 0.15) is 41.3 Å². The molecule has 0 saturated heterocycles. The van der Waals surface area contributed by atoms with E-state index in [0.717, 1.165) is 34.7 Å². The van der Waals surface area contributed by atoms with Gasteiger partial charge in [-0.1, -0.05) is 80.1 Å². The van der Waals surface area contributed by atoms with Gasteiger partial charge in [0.1, 0.15) is 6.61 Å². The molecule has 0 aliphatic heterocycles. The van der Waals surface area contributed by atoms with E-state index in [0.29, 0.717) is 36.8 Å². The minimum atomic E-state index is 0.0441. The number of amides is 1. The quantitative estimate of drug-likeness (QED) is 0.263. The van der Waals surface area contributed by atoms with Gasteiger partial charge < -0.3 is 14.4 Å². The highest BCUT2D eigenvalue weighted by Gasteiger charge is 2.17. The molecule has 0 aliphatic carbocycles. The molecule has 0 unspecified atom stereocenters. The maximum atomic E-state index is 13.4. The molecule has 0 saturated carbocycles. The first-order valence-electron chi connectivity index (χ1n) is 11.8. The van der Waals surface area contributed by atoms with Gasteiger partial charge in [-0.2, -0.15) is 0 Å². The SMILES string of the molecule is CCCCN(Cc1ccc(OCc2ccccc2)c(OC)c1)C(=O)c1ccc2ccccc2c1. The normalized spacial score (nSPS) is 10.8. The molecule has 0 heterocycles. The molecular weight excluding hydrogens is 422 g/mol. The summed E-state index contributed by atoms with van der Waals surface area (Å²) in [5, 5.41) is 2.21. The summed E-state index contributed by atoms with van der Waals surface area (Å²) in [5.74, 6) is 1.40. The topological polar surface area (TPSA) is 38.8 Å². The molecule has 0 aromatic heterocycles. The third kappa shape index (κ3) is 5.76. The van der Waals surface area contributed by atoms with E-state index in [9.17, 15) is 4.79 Å². The molecule has 4 aromatic rings. The molecule has 0 N–H and O–H groups in total. The van der Waals surface area contributed by atoms with Crippen molar-refractivity contribution in [3.8, 4) is 11.5 Å². The second-order valence-corrected chi connectivity index (χ2v) is 8.40. The molecule has 0 aliphatic rings. The summed E-state index contributed by atoms with van der Waals surface area (Å²) in [6, 6.07) is 30.0. The van der Waals surface area contributed by atoms with Gasteiger partial charge >= 0.3 is 0 Å². The minimum Gasteiger partial charge on any atom is -0.493 e. The summed E-state index contributed by atoms with van der Waals surface area (Å²) in [4.78, 5) is 15.4. The van der Waals surface area contributed by atoms with E-state index < -0.39 is 0 Å². The van der Waals surface area contributed by atoms with Gasteiger partial charge in [-0.3, -0.25) is 4.79 Å². The average molecular weight is 454 g/mol. The van der Waals surface area contributed by atoms with Crippen molar-refractivity contribution in [1.82, 2.24) is 4.90 Å². The number of unbranched alkanes of at least 4 members (excludes halogenated alkanes) is 1. The zero-order valence-corrected chi connectivity index (χ0v) is 19.9. The van der Waals surface area contributed by atoms with Gasteiger partial charge in [0.2, 0.25) is 0 Å². The fraction of sp³-hybridized carbons (Fsp3) is 0.233. The predicted octanol–water partition coefficient (Wildman–Crippen LogP) is 6.87. The summed E-state index contributed by atoms with van der Waals surface area (Å²) >= 11 is 0. The van der Waals surface area contributed by atoms with Gasteiger partial charge in [0, 0.05) is 18.7 Å². The highest BCUT2D eigenvalue weighted by molar-refractivity contribution is 5.98. The standard InChI is InChI=1S/C30H31NO3/c1-3-4-18-31(30(32)27-16-15-25-12-8-9-13-26(25)20-27)21-24-14-17-28(29(19-24)33-2)34-22-23-10-6-5-7-11-23/h5-17,19-20H,3-4,18,21-22H2,1-2H3. The van der Waals surface area contributed by atoms with E-state index in [1.54, 1.807) is 7.11 Å². The second-order valence-electron chi connectivity index (χ2n) is 8.40. The average Bonchev–Trinajstić information content (AvgIpc) is 2.90. The van der Waals surface area contributed by atoms with Crippen LogP contribution in [-0.4, -0.2) is 24.5 Å². The molecule has 4 rings (SSSR count). The molecule has 4 nitrogen and oxygen atoms in total. The van der Waals surface area contributed by atoms with Gasteiger partial charge in [-0.15, -0.1) is 0 Å². The summed E-state index contributed by atoms with van der Waals surface area (Å²) < 4.78 is 11.6. The van der Waals surface area contributed by atoms with Crippen LogP contribution in [0.3, 0.4) is 0 Å². The number of carbonyl (C=O) groups is 1. The van der Waals surface area contributed by atoms with E-state index >= 15 is 0 Å². The zero-order chi connectivity index (χ0) is 23.8. The first-order chi connectivity index (χ1) is 16.7. The Labute approximate surface area is 201 Å². The van der Waals surface area contributed by atoms with Crippen LogP contribution >= 0.6 is 0 Å². The molecule has 174 valence electrons. The first-order valence-corrected chi connectivity index (χ1v) is 11.8. The highest BCUT2D eigenvalue weighted by Crippen LogP contribution is 2.30. The maximum absolute atomic E-state index is 13.4. The number of benzene rings is 4. The fourth-order valence-corrected chi connectivity index (χ4v) is 3.99. The fourth-order valence-electron chi connectivity index (χ4n) is 3.99. The van der Waals surface area contributed by atoms with Crippen LogP contribution in [0.25, 0.3) is 10.8 Å². The monoisotopic (exact) mass is 453 g/mol. The molecule has 0 radical (unpaired) electrons. The van der Waals surface area contributed by atoms with Gasteiger partial charge in [-0.25, -0.2) is 0 Å². The van der Waals surface area contributed by atoms with Crippen LogP contribution in [-0.2, 0) is 13.2 Å². The lowest BCUT2D eigenvalue weighted by Crippen LogP contribution is -2.31. The Morgan fingerprint density at radius 1 is 0.794 bits per heavy atom. The van der Waals surface area contributed by atoms with Crippen LogP contribution < -0.4 is 9.47 Å². The van der Waals surface area contributed by atoms with Gasteiger partial charge in [0.15, 0.2) is 11.5 Å². The molecule has 1 amide bonds. The number of carbonyl (C=O) groups excluding carboxylic acids is 1. The first kappa shape index (κ1) is 23.4. The summed E-state index contributed by atoms with van der Waals surface area (Å²) in [6.45, 7) is 3.83. The van der Waals surface area contributed by atoms with Crippen molar-refractivity contribution >= 4 is 16.7 Å². The Kier molecular flexibility index (Phi) is 7.82. The van der Waals surface area contributed by atoms with Crippen LogP contribution in [0.15, 0.2) is 91.0 Å². The minimum absolute atomic E-state index is 0.0441. The van der Waals surface area contributed by atoms with Crippen molar-refractivity contribution < 1.29 is 14.3 Å². The molecule has 4 heteroatoms. The van der Waals surface area contributed by atoms with Crippen LogP contribution in [0.5, 0.6) is 11.5 Å². The van der Waals surface area contributed by atoms with Crippen LogP contribution in [0.4, 0.5) is 0 Å². The zero-order valence-electron chi connectivity index (χ0n) is 19.9. The Hall–Kier alpha value is -3.79. The van der Waals surface area contributed by atoms with Crippen molar-refractivity contribution in [3.05, 3.63) is 108 Å². The van der Waals surface area contributed by atoms with Crippen LogP contribution in [0.2, 0.25) is 0 Å². The number of hydrogen-bond donors (Lipinski definition) is 0. The highest BCUT2D eigenvalue weighted by atomic mass is 16.5. The van der Waals surface area contributed by atoms with Crippen molar-refractivity contribution in [2.45, 2.75) is 32.9 Å². The Morgan fingerprint density at radius 2 is 1.56 bits per heavy atom. The van der Waals surface area contributed by atoms with E-state index in [1.165, 1.54) is 0 Å². The molecular formula is C30H31NO3. The number of methoxy groups -OCH3 is 1. The molecule has 4 aromatic carbocycles. The van der Waals surface area contributed by atoms with Crippen molar-refractivity contribution in [3.63, 3.8) is 0 Å². The number of hydrogen-bond acceptors (Lipinski definition) is 3. The number of ether oxygens (including phenoxy) is 2. The third-order valence-corrected chi connectivity index (χ3v) is 5.90. The largest absolute Gasteiger partial charge is 0.493 e. The van der Waals surface area contributed by atoms with E-state index in [4.69, 9.17) is 9.47 Å². The molecule has 0 bridgehead atoms. The Balaban J connectivity index is 1.52. The number of rotatable bonds is 10. The van der Waals surface area contributed by atoms with E-state index in [2.05, 4.69) is 13.0 Å². The summed E-state index contributed by atoms with van der Waals surface area (Å²) in [7, 11) is 1.64. The number of fused-ring (bicyclic) bond motifs is 1. The molecule has 34 heavy (non-hydrogen) atoms. The lowest BCUT2D eigenvalue weighted by Gasteiger charge is -2.23. The van der Waals surface area contributed by atoms with Crippen molar-refractivity contribution in [1.29, 1.82) is 0 Å². The summed E-state index contributed by atoms with van der Waals surface area (Å²) in [6.07, 6.45) is 1.98. The Bertz CT molecular complexity index is 1240. The number of nitrogens with zero attached hydrogens (tertiary/aromatic N) is 1. The van der Waals surface area contributed by atoms with Crippen molar-refractivity contribution in [2.75, 3.05) is 13.7 Å². The van der Waals surface area contributed by atoms with Crippen LogP contribution in [0, 0.1) is 0 Å². The smallest absolute Gasteiger partial charge is 0.254 e. The summed E-state index contributed by atoms with van der Waals surface area (Å²) in [5.41, 5.74) is 2.82. The molecule has 0 fully saturated rings. The lowest BCUT2D eigenvalue weighted by molar-refractivity contribution is 0.0741. The van der Waals surface area contributed by atoms with E-state index in [-0.39, 0.29) is 5.91 Å². The van der Waals surface area contributed by atoms with E-state index in [1.807, 2.05) is 89.8 Å². The lowest BCUT2D eigenvalue weighted by atomic mass is 10.1. The Morgan fingerprint density at radius 3 is 2.32 bits per heavy atom. The molecule has 0 spiro atoms. The second kappa shape index (κ2) is 11.4. The van der Waals surface area contributed by atoms with Crippen molar-refractivity contribution in [2.24, 2.45) is 0 Å². The predicted molar refractivity (Wildman–Crippen MR) is 137 cm³/mol. The molecule has 0 atom stereocenters. The third-order valence-electron chi connectivity index (χ3n) is 5.90.